The van der Waals surface area contributed by atoms with Crippen molar-refractivity contribution >= 4 is 0 Å². The molecule has 0 spiro atoms. The smallest absolute Gasteiger partial charge is 0.0571 e. The van der Waals surface area contributed by atoms with E-state index in [1.165, 1.54) is 0 Å². The third-order valence-electron chi connectivity index (χ3n) is 1.35. The number of hydrogen-bond acceptors (Lipinski definition) is 2. The molecule has 1 heterocycles. The normalized spacial score (nSPS) is 9.30. The summed E-state index contributed by atoms with van der Waals surface area (Å²) in [6, 6.07) is 1.97. The highest BCUT2D eigenvalue weighted by Crippen LogP contribution is 1.93. The van der Waals surface area contributed by atoms with Gasteiger partial charge in [-0.05, 0) is 12.3 Å². The summed E-state index contributed by atoms with van der Waals surface area (Å²) in [4.78, 5) is 0. The van der Waals surface area contributed by atoms with Gasteiger partial charge in [0, 0.05) is 13.2 Å². The first-order valence-corrected chi connectivity index (χ1v) is 3.16. The van der Waals surface area contributed by atoms with E-state index in [4.69, 9.17) is 0 Å². The molecule has 0 aliphatic carbocycles. The van der Waals surface area contributed by atoms with Gasteiger partial charge in [-0.3, -0.25) is 4.68 Å². The van der Waals surface area contributed by atoms with Crippen molar-refractivity contribution < 1.29 is 0 Å². The minimum Gasteiger partial charge on any atom is -0.386 e. The monoisotopic (exact) mass is 137 g/mol. The standard InChI is InChI=1S/C7H11N3/c1-3-8-6-7-4-5-9-10(7)2/h3-5,8H,1,6H2,2H3. The molecule has 0 amide bonds. The van der Waals surface area contributed by atoms with Crippen molar-refractivity contribution in [2.75, 3.05) is 0 Å². The molecule has 0 fully saturated rings. The largest absolute Gasteiger partial charge is 0.386 e. The Morgan fingerprint density at radius 2 is 2.70 bits per heavy atom. The van der Waals surface area contributed by atoms with Crippen molar-refractivity contribution in [1.82, 2.24) is 15.1 Å². The zero-order valence-corrected chi connectivity index (χ0v) is 6.04. The minimum absolute atomic E-state index is 0.792. The summed E-state index contributed by atoms with van der Waals surface area (Å²) < 4.78 is 1.83. The SMILES string of the molecule is C=CNCc1ccnn1C. The molecule has 0 bridgehead atoms. The number of hydrogen-bond donors (Lipinski definition) is 1. The molecule has 3 heteroatoms. The topological polar surface area (TPSA) is 29.9 Å². The Kier molecular flexibility index (Phi) is 2.10. The van der Waals surface area contributed by atoms with E-state index < -0.39 is 0 Å². The molecule has 1 aromatic rings. The van der Waals surface area contributed by atoms with Gasteiger partial charge in [-0.25, -0.2) is 0 Å². The van der Waals surface area contributed by atoms with Gasteiger partial charge in [0.1, 0.15) is 0 Å². The predicted octanol–water partition coefficient (Wildman–Crippen LogP) is 0.653. The summed E-state index contributed by atoms with van der Waals surface area (Å²) in [5.41, 5.74) is 1.15. The molecule has 1 rings (SSSR count). The highest BCUT2D eigenvalue weighted by atomic mass is 15.3. The van der Waals surface area contributed by atoms with Crippen molar-refractivity contribution in [1.29, 1.82) is 0 Å². The van der Waals surface area contributed by atoms with Crippen molar-refractivity contribution in [2.45, 2.75) is 6.54 Å². The van der Waals surface area contributed by atoms with Gasteiger partial charge in [0.05, 0.1) is 12.2 Å². The Morgan fingerprint density at radius 1 is 1.90 bits per heavy atom. The van der Waals surface area contributed by atoms with E-state index in [2.05, 4.69) is 17.0 Å². The molecule has 0 aliphatic rings. The zero-order valence-electron chi connectivity index (χ0n) is 6.04. The maximum absolute atomic E-state index is 4.01. The molecule has 0 saturated carbocycles. The van der Waals surface area contributed by atoms with E-state index in [0.29, 0.717) is 0 Å². The van der Waals surface area contributed by atoms with Crippen LogP contribution in [0.5, 0.6) is 0 Å². The first-order valence-electron chi connectivity index (χ1n) is 3.16. The van der Waals surface area contributed by atoms with Crippen molar-refractivity contribution in [3.63, 3.8) is 0 Å². The fraction of sp³-hybridized carbons (Fsp3) is 0.286. The predicted molar refractivity (Wildman–Crippen MR) is 40.2 cm³/mol. The van der Waals surface area contributed by atoms with E-state index in [-0.39, 0.29) is 0 Å². The Balaban J connectivity index is 2.56. The van der Waals surface area contributed by atoms with Crippen LogP contribution in [0.25, 0.3) is 0 Å². The third kappa shape index (κ3) is 1.37. The van der Waals surface area contributed by atoms with E-state index >= 15 is 0 Å². The number of nitrogens with one attached hydrogen (secondary N) is 1. The molecule has 0 radical (unpaired) electrons. The molecule has 0 aromatic carbocycles. The van der Waals surface area contributed by atoms with Crippen LogP contribution < -0.4 is 5.32 Å². The Labute approximate surface area is 60.4 Å². The van der Waals surface area contributed by atoms with Crippen LogP contribution in [0, 0.1) is 0 Å². The minimum atomic E-state index is 0.792. The van der Waals surface area contributed by atoms with Gasteiger partial charge in [-0.1, -0.05) is 6.58 Å². The second-order valence-electron chi connectivity index (χ2n) is 2.03. The Bertz CT molecular complexity index is 214. The summed E-state index contributed by atoms with van der Waals surface area (Å²) in [5, 5.41) is 7.01. The van der Waals surface area contributed by atoms with Crippen LogP contribution in [0.3, 0.4) is 0 Å². The molecule has 0 atom stereocenters. The molecule has 3 nitrogen and oxygen atoms in total. The van der Waals surface area contributed by atoms with Crippen molar-refractivity contribution in [3.05, 3.63) is 30.7 Å². The van der Waals surface area contributed by atoms with Gasteiger partial charge in [0.15, 0.2) is 0 Å². The Morgan fingerprint density at radius 3 is 3.20 bits per heavy atom. The first-order chi connectivity index (χ1) is 4.84. The summed E-state index contributed by atoms with van der Waals surface area (Å²) >= 11 is 0. The van der Waals surface area contributed by atoms with Gasteiger partial charge < -0.3 is 5.32 Å². The van der Waals surface area contributed by atoms with Crippen LogP contribution in [0.15, 0.2) is 25.0 Å². The average Bonchev–Trinajstić information content (AvgIpc) is 2.31. The fourth-order valence-corrected chi connectivity index (χ4v) is 0.751. The van der Waals surface area contributed by atoms with Gasteiger partial charge in [0.25, 0.3) is 0 Å². The molecule has 0 unspecified atom stereocenters. The molecule has 1 aromatic heterocycles. The van der Waals surface area contributed by atoms with E-state index in [1.807, 2.05) is 17.8 Å². The van der Waals surface area contributed by atoms with Crippen molar-refractivity contribution in [2.24, 2.45) is 7.05 Å². The molecular weight excluding hydrogens is 126 g/mol. The zero-order chi connectivity index (χ0) is 7.40. The second kappa shape index (κ2) is 3.06. The molecule has 0 saturated heterocycles. The summed E-state index contributed by atoms with van der Waals surface area (Å²) in [6.07, 6.45) is 3.45. The number of aryl methyl sites for hydroxylation is 1. The lowest BCUT2D eigenvalue weighted by atomic mass is 10.4. The lowest BCUT2D eigenvalue weighted by Gasteiger charge is -1.99. The molecular formula is C7H11N3. The summed E-state index contributed by atoms with van der Waals surface area (Å²) in [6.45, 7) is 4.34. The van der Waals surface area contributed by atoms with E-state index in [1.54, 1.807) is 12.4 Å². The van der Waals surface area contributed by atoms with Gasteiger partial charge in [-0.15, -0.1) is 0 Å². The van der Waals surface area contributed by atoms with Gasteiger partial charge in [-0.2, -0.15) is 5.10 Å². The first kappa shape index (κ1) is 6.86. The van der Waals surface area contributed by atoms with Crippen LogP contribution in [0.2, 0.25) is 0 Å². The second-order valence-corrected chi connectivity index (χ2v) is 2.03. The van der Waals surface area contributed by atoms with Crippen LogP contribution in [0.4, 0.5) is 0 Å². The maximum Gasteiger partial charge on any atom is 0.0571 e. The molecule has 54 valence electrons. The molecule has 10 heavy (non-hydrogen) atoms. The van der Waals surface area contributed by atoms with Crippen LogP contribution in [-0.4, -0.2) is 9.78 Å². The highest BCUT2D eigenvalue weighted by molar-refractivity contribution is 4.99. The third-order valence-corrected chi connectivity index (χ3v) is 1.35. The van der Waals surface area contributed by atoms with Gasteiger partial charge in [0.2, 0.25) is 0 Å². The lowest BCUT2D eigenvalue weighted by molar-refractivity contribution is 0.685. The number of nitrogens with zero attached hydrogens (tertiary/aromatic N) is 2. The maximum atomic E-state index is 4.01. The van der Waals surface area contributed by atoms with E-state index in [0.717, 1.165) is 12.2 Å². The Hall–Kier alpha value is -1.25. The molecule has 1 N–H and O–H groups in total. The van der Waals surface area contributed by atoms with E-state index in [9.17, 15) is 0 Å². The van der Waals surface area contributed by atoms with Crippen LogP contribution in [0.1, 0.15) is 5.69 Å². The van der Waals surface area contributed by atoms with Gasteiger partial charge >= 0.3 is 0 Å². The molecule has 0 aliphatic heterocycles. The van der Waals surface area contributed by atoms with Crippen LogP contribution in [-0.2, 0) is 13.6 Å². The number of aromatic nitrogens is 2. The quantitative estimate of drug-likeness (QED) is 0.663. The highest BCUT2D eigenvalue weighted by Gasteiger charge is 1.93. The lowest BCUT2D eigenvalue weighted by Crippen LogP contribution is -2.08. The fourth-order valence-electron chi connectivity index (χ4n) is 0.751. The summed E-state index contributed by atoms with van der Waals surface area (Å²) in [7, 11) is 1.92. The van der Waals surface area contributed by atoms with Crippen molar-refractivity contribution in [3.8, 4) is 0 Å². The summed E-state index contributed by atoms with van der Waals surface area (Å²) in [5.74, 6) is 0. The number of rotatable bonds is 3. The average molecular weight is 137 g/mol. The van der Waals surface area contributed by atoms with Crippen LogP contribution >= 0.6 is 0 Å².